The van der Waals surface area contributed by atoms with Crippen LogP contribution in [0.5, 0.6) is 5.75 Å². The second-order valence-corrected chi connectivity index (χ2v) is 2.59. The van der Waals surface area contributed by atoms with Crippen molar-refractivity contribution >= 4 is 5.91 Å². The summed E-state index contributed by atoms with van der Waals surface area (Å²) >= 11 is 0. The maximum Gasteiger partial charge on any atom is 0.419 e. The summed E-state index contributed by atoms with van der Waals surface area (Å²) in [5.41, 5.74) is 3.22. The van der Waals surface area contributed by atoms with E-state index in [4.69, 9.17) is 10.8 Å². The minimum absolute atomic E-state index is 0.296. The number of carbonyl (C=O) groups is 1. The highest BCUT2D eigenvalue weighted by Gasteiger charge is 2.34. The Bertz CT molecular complexity index is 373. The van der Waals surface area contributed by atoms with Crippen LogP contribution in [0.3, 0.4) is 0 Å². The molecule has 0 bridgehead atoms. The van der Waals surface area contributed by atoms with Crippen LogP contribution in [-0.2, 0) is 6.18 Å². The van der Waals surface area contributed by atoms with E-state index in [0.717, 1.165) is 12.1 Å². The van der Waals surface area contributed by atoms with Crippen LogP contribution in [0.2, 0.25) is 0 Å². The molecule has 0 unspecified atom stereocenters. The van der Waals surface area contributed by atoms with E-state index in [9.17, 15) is 18.0 Å². The zero-order valence-electron chi connectivity index (χ0n) is 6.80. The van der Waals surface area contributed by atoms with E-state index in [-0.39, 0.29) is 5.56 Å². The van der Waals surface area contributed by atoms with Crippen LogP contribution in [0.25, 0.3) is 0 Å². The van der Waals surface area contributed by atoms with E-state index < -0.39 is 23.4 Å². The van der Waals surface area contributed by atoms with E-state index in [0.29, 0.717) is 6.07 Å². The number of alkyl halides is 3. The molecule has 0 spiro atoms. The van der Waals surface area contributed by atoms with Crippen molar-refractivity contribution in [2.75, 3.05) is 0 Å². The molecule has 1 amide bonds. The lowest BCUT2D eigenvalue weighted by Crippen LogP contribution is -2.13. The average Bonchev–Trinajstić information content (AvgIpc) is 2.02. The van der Waals surface area contributed by atoms with Crippen molar-refractivity contribution in [3.8, 4) is 5.75 Å². The van der Waals surface area contributed by atoms with Gasteiger partial charge in [0.15, 0.2) is 0 Å². The number of aromatic hydroxyl groups is 1. The van der Waals surface area contributed by atoms with Gasteiger partial charge in [0.1, 0.15) is 5.75 Å². The van der Waals surface area contributed by atoms with Crippen molar-refractivity contribution in [1.82, 2.24) is 0 Å². The van der Waals surface area contributed by atoms with Crippen molar-refractivity contribution in [2.24, 2.45) is 5.73 Å². The summed E-state index contributed by atoms with van der Waals surface area (Å²) in [5, 5.41) is 8.88. The van der Waals surface area contributed by atoms with Crippen LogP contribution in [0.15, 0.2) is 18.2 Å². The zero-order chi connectivity index (χ0) is 10.9. The molecule has 3 N–H and O–H groups in total. The third-order valence-corrected chi connectivity index (χ3v) is 1.59. The molecule has 0 aliphatic carbocycles. The van der Waals surface area contributed by atoms with Gasteiger partial charge in [-0.3, -0.25) is 4.79 Å². The molecule has 1 aromatic rings. The number of phenolic OH excluding ortho intramolecular Hbond substituents is 1. The summed E-state index contributed by atoms with van der Waals surface area (Å²) in [6, 6.07) is 2.31. The molecule has 6 heteroatoms. The summed E-state index contributed by atoms with van der Waals surface area (Å²) in [4.78, 5) is 10.6. The smallest absolute Gasteiger partial charge is 0.419 e. The SMILES string of the molecule is NC(=O)c1ccc(O)c(C(F)(F)F)c1. The fraction of sp³-hybridized carbons (Fsp3) is 0.125. The van der Waals surface area contributed by atoms with Gasteiger partial charge in [0.25, 0.3) is 0 Å². The Morgan fingerprint density at radius 1 is 1.36 bits per heavy atom. The van der Waals surface area contributed by atoms with Crippen LogP contribution >= 0.6 is 0 Å². The predicted octanol–water partition coefficient (Wildman–Crippen LogP) is 1.51. The molecule has 1 aromatic carbocycles. The Balaban J connectivity index is 3.29. The van der Waals surface area contributed by atoms with Gasteiger partial charge in [0.2, 0.25) is 5.91 Å². The molecular formula is C8H6F3NO2. The molecule has 0 radical (unpaired) electrons. The minimum Gasteiger partial charge on any atom is -0.507 e. The van der Waals surface area contributed by atoms with Crippen LogP contribution < -0.4 is 5.73 Å². The van der Waals surface area contributed by atoms with Crippen LogP contribution in [-0.4, -0.2) is 11.0 Å². The number of primary amides is 1. The van der Waals surface area contributed by atoms with Crippen molar-refractivity contribution in [3.05, 3.63) is 29.3 Å². The Labute approximate surface area is 77.0 Å². The molecule has 76 valence electrons. The molecule has 1 rings (SSSR count). The molecule has 0 aromatic heterocycles. The Morgan fingerprint density at radius 3 is 2.36 bits per heavy atom. The van der Waals surface area contributed by atoms with Gasteiger partial charge in [-0.25, -0.2) is 0 Å². The van der Waals surface area contributed by atoms with Gasteiger partial charge in [-0.1, -0.05) is 0 Å². The summed E-state index contributed by atoms with van der Waals surface area (Å²) in [6.07, 6.45) is -4.70. The second-order valence-electron chi connectivity index (χ2n) is 2.59. The molecule has 0 saturated carbocycles. The van der Waals surface area contributed by atoms with Gasteiger partial charge in [0.05, 0.1) is 5.56 Å². The lowest BCUT2D eigenvalue weighted by Gasteiger charge is -2.09. The molecule has 3 nitrogen and oxygen atoms in total. The van der Waals surface area contributed by atoms with Gasteiger partial charge >= 0.3 is 6.18 Å². The second kappa shape index (κ2) is 3.21. The number of halogens is 3. The van der Waals surface area contributed by atoms with Crippen LogP contribution in [0, 0.1) is 0 Å². The first-order valence-corrected chi connectivity index (χ1v) is 3.52. The van der Waals surface area contributed by atoms with E-state index in [2.05, 4.69) is 0 Å². The number of benzene rings is 1. The third-order valence-electron chi connectivity index (χ3n) is 1.59. The molecule has 0 heterocycles. The Kier molecular flexibility index (Phi) is 2.37. The van der Waals surface area contributed by atoms with Crippen molar-refractivity contribution in [3.63, 3.8) is 0 Å². The summed E-state index contributed by atoms with van der Waals surface area (Å²) in [5.74, 6) is -1.90. The summed E-state index contributed by atoms with van der Waals surface area (Å²) in [7, 11) is 0. The fourth-order valence-corrected chi connectivity index (χ4v) is 0.916. The number of carbonyl (C=O) groups excluding carboxylic acids is 1. The largest absolute Gasteiger partial charge is 0.507 e. The number of rotatable bonds is 1. The molecule has 0 aliphatic heterocycles. The first-order valence-electron chi connectivity index (χ1n) is 3.52. The highest BCUT2D eigenvalue weighted by Crippen LogP contribution is 2.35. The van der Waals surface area contributed by atoms with E-state index >= 15 is 0 Å². The zero-order valence-corrected chi connectivity index (χ0v) is 6.80. The average molecular weight is 205 g/mol. The van der Waals surface area contributed by atoms with Gasteiger partial charge in [-0.05, 0) is 18.2 Å². The lowest BCUT2D eigenvalue weighted by atomic mass is 10.1. The molecular weight excluding hydrogens is 199 g/mol. The monoisotopic (exact) mass is 205 g/mol. The van der Waals surface area contributed by atoms with Crippen LogP contribution in [0.4, 0.5) is 13.2 Å². The number of hydrogen-bond donors (Lipinski definition) is 2. The summed E-state index contributed by atoms with van der Waals surface area (Å²) < 4.78 is 36.5. The first kappa shape index (κ1) is 10.4. The normalized spacial score (nSPS) is 11.4. The van der Waals surface area contributed by atoms with Crippen LogP contribution in [0.1, 0.15) is 15.9 Å². The van der Waals surface area contributed by atoms with Crippen molar-refractivity contribution < 1.29 is 23.1 Å². The highest BCUT2D eigenvalue weighted by atomic mass is 19.4. The Hall–Kier alpha value is -1.72. The van der Waals surface area contributed by atoms with Crippen molar-refractivity contribution in [1.29, 1.82) is 0 Å². The highest BCUT2D eigenvalue weighted by molar-refractivity contribution is 5.93. The molecule has 0 saturated heterocycles. The van der Waals surface area contributed by atoms with E-state index in [1.807, 2.05) is 0 Å². The Morgan fingerprint density at radius 2 is 1.93 bits per heavy atom. The predicted molar refractivity (Wildman–Crippen MR) is 41.6 cm³/mol. The van der Waals surface area contributed by atoms with Gasteiger partial charge < -0.3 is 10.8 Å². The maximum absolute atomic E-state index is 12.2. The fourth-order valence-electron chi connectivity index (χ4n) is 0.916. The number of amides is 1. The van der Waals surface area contributed by atoms with E-state index in [1.54, 1.807) is 0 Å². The standard InChI is InChI=1S/C8H6F3NO2/c9-8(10,11)5-3-4(7(12)14)1-2-6(5)13/h1-3,13H,(H2,12,14). The topological polar surface area (TPSA) is 63.3 Å². The molecule has 0 aliphatic rings. The van der Waals surface area contributed by atoms with Gasteiger partial charge in [-0.15, -0.1) is 0 Å². The number of phenols is 1. The number of nitrogens with two attached hydrogens (primary N) is 1. The quantitative estimate of drug-likeness (QED) is 0.729. The lowest BCUT2D eigenvalue weighted by molar-refractivity contribution is -0.138. The van der Waals surface area contributed by atoms with Gasteiger partial charge in [-0.2, -0.15) is 13.2 Å². The first-order chi connectivity index (χ1) is 6.32. The molecule has 14 heavy (non-hydrogen) atoms. The maximum atomic E-state index is 12.2. The van der Waals surface area contributed by atoms with Crippen molar-refractivity contribution in [2.45, 2.75) is 6.18 Å². The molecule has 0 fully saturated rings. The minimum atomic E-state index is -4.70. The number of hydrogen-bond acceptors (Lipinski definition) is 2. The van der Waals surface area contributed by atoms with Gasteiger partial charge in [0, 0.05) is 5.56 Å². The molecule has 0 atom stereocenters. The van der Waals surface area contributed by atoms with E-state index in [1.165, 1.54) is 0 Å². The third kappa shape index (κ3) is 1.95. The summed E-state index contributed by atoms with van der Waals surface area (Å²) in [6.45, 7) is 0.